The van der Waals surface area contributed by atoms with Gasteiger partial charge in [-0.2, -0.15) is 0 Å². The second-order valence-corrected chi connectivity index (χ2v) is 4.49. The zero-order valence-electron chi connectivity index (χ0n) is 9.67. The summed E-state index contributed by atoms with van der Waals surface area (Å²) < 4.78 is 5.58. The molecule has 1 N–H and O–H groups in total. The molecule has 1 aliphatic rings. The summed E-state index contributed by atoms with van der Waals surface area (Å²) in [6.45, 7) is 0.634. The van der Waals surface area contributed by atoms with E-state index in [1.54, 1.807) is 0 Å². The molecule has 1 aromatic rings. The Morgan fingerprint density at radius 3 is 3.06 bits per heavy atom. The molecule has 1 amide bonds. The van der Waals surface area contributed by atoms with Gasteiger partial charge < -0.3 is 10.1 Å². The number of carbonyl (C=O) groups excluding carboxylic acids is 1. The minimum Gasteiger partial charge on any atom is -0.494 e. The van der Waals surface area contributed by atoms with Crippen molar-refractivity contribution in [3.05, 3.63) is 23.8 Å². The molecular weight excluding hydrogens is 238 g/mol. The van der Waals surface area contributed by atoms with Crippen LogP contribution in [-0.4, -0.2) is 18.4 Å². The van der Waals surface area contributed by atoms with Crippen LogP contribution in [0.3, 0.4) is 0 Å². The molecule has 1 heterocycles. The van der Waals surface area contributed by atoms with Crippen molar-refractivity contribution in [3.8, 4) is 5.75 Å². The maximum Gasteiger partial charge on any atom is 0.224 e. The standard InChI is InChI=1S/C13H16ClNO2/c14-7-2-8-17-11-5-6-12-10(9-11)3-1-4-13(16)15-12/h5-6,9H,1-4,7-8H2,(H,15,16). The number of anilines is 1. The molecule has 0 saturated heterocycles. The number of benzene rings is 1. The van der Waals surface area contributed by atoms with E-state index in [0.717, 1.165) is 36.3 Å². The minimum absolute atomic E-state index is 0.0968. The summed E-state index contributed by atoms with van der Waals surface area (Å²) >= 11 is 5.59. The Morgan fingerprint density at radius 1 is 1.35 bits per heavy atom. The van der Waals surface area contributed by atoms with Gasteiger partial charge in [0.1, 0.15) is 5.75 Å². The van der Waals surface area contributed by atoms with E-state index in [0.29, 0.717) is 18.9 Å². The Kier molecular flexibility index (Phi) is 4.26. The molecule has 0 unspecified atom stereocenters. The van der Waals surface area contributed by atoms with Crippen molar-refractivity contribution in [2.45, 2.75) is 25.7 Å². The van der Waals surface area contributed by atoms with Crippen molar-refractivity contribution in [2.24, 2.45) is 0 Å². The maximum atomic E-state index is 11.4. The number of hydrogen-bond acceptors (Lipinski definition) is 2. The number of aryl methyl sites for hydroxylation is 1. The van der Waals surface area contributed by atoms with E-state index < -0.39 is 0 Å². The molecule has 0 atom stereocenters. The quantitative estimate of drug-likeness (QED) is 0.662. The first-order valence-electron chi connectivity index (χ1n) is 5.91. The lowest BCUT2D eigenvalue weighted by molar-refractivity contribution is -0.116. The third kappa shape index (κ3) is 3.37. The SMILES string of the molecule is O=C1CCCc2cc(OCCCCl)ccc2N1. The molecule has 0 radical (unpaired) electrons. The van der Waals surface area contributed by atoms with Gasteiger partial charge in [0.05, 0.1) is 6.61 Å². The smallest absolute Gasteiger partial charge is 0.224 e. The fourth-order valence-corrected chi connectivity index (χ4v) is 1.99. The summed E-state index contributed by atoms with van der Waals surface area (Å²) in [5.74, 6) is 1.56. The van der Waals surface area contributed by atoms with Crippen molar-refractivity contribution < 1.29 is 9.53 Å². The van der Waals surface area contributed by atoms with Gasteiger partial charge in [-0.25, -0.2) is 0 Å². The fraction of sp³-hybridized carbons (Fsp3) is 0.462. The lowest BCUT2D eigenvalue weighted by Gasteiger charge is -2.10. The van der Waals surface area contributed by atoms with E-state index in [4.69, 9.17) is 16.3 Å². The summed E-state index contributed by atoms with van der Waals surface area (Å²) in [6, 6.07) is 5.81. The fourth-order valence-electron chi connectivity index (χ4n) is 1.89. The number of carbonyl (C=O) groups is 1. The Bertz CT molecular complexity index is 406. The second kappa shape index (κ2) is 5.92. The van der Waals surface area contributed by atoms with Crippen LogP contribution in [0.5, 0.6) is 5.75 Å². The van der Waals surface area contributed by atoms with Crippen LogP contribution < -0.4 is 10.1 Å². The first-order valence-corrected chi connectivity index (χ1v) is 6.44. The molecule has 2 rings (SSSR count). The molecular formula is C13H16ClNO2. The van der Waals surface area contributed by atoms with Crippen molar-refractivity contribution in [1.82, 2.24) is 0 Å². The molecule has 0 saturated carbocycles. The zero-order chi connectivity index (χ0) is 12.1. The van der Waals surface area contributed by atoms with Crippen molar-refractivity contribution in [3.63, 3.8) is 0 Å². The van der Waals surface area contributed by atoms with Crippen LogP contribution in [0.15, 0.2) is 18.2 Å². The highest BCUT2D eigenvalue weighted by Crippen LogP contribution is 2.26. The van der Waals surface area contributed by atoms with Gasteiger partial charge in [-0.1, -0.05) is 0 Å². The van der Waals surface area contributed by atoms with E-state index in [-0.39, 0.29) is 5.91 Å². The Hall–Kier alpha value is -1.22. The van der Waals surface area contributed by atoms with E-state index in [9.17, 15) is 4.79 Å². The Labute approximate surface area is 106 Å². The average molecular weight is 254 g/mol. The van der Waals surface area contributed by atoms with Crippen LogP contribution in [0.4, 0.5) is 5.69 Å². The highest BCUT2D eigenvalue weighted by Gasteiger charge is 2.13. The molecule has 4 heteroatoms. The molecule has 1 aromatic carbocycles. The normalized spacial score (nSPS) is 14.8. The van der Waals surface area contributed by atoms with Crippen LogP contribution in [0.1, 0.15) is 24.8 Å². The van der Waals surface area contributed by atoms with Crippen molar-refractivity contribution in [1.29, 1.82) is 0 Å². The minimum atomic E-state index is 0.0968. The van der Waals surface area contributed by atoms with Gasteiger partial charge in [-0.05, 0) is 43.0 Å². The molecule has 0 bridgehead atoms. The zero-order valence-corrected chi connectivity index (χ0v) is 10.4. The highest BCUT2D eigenvalue weighted by molar-refractivity contribution is 6.17. The molecule has 1 aliphatic heterocycles. The summed E-state index contributed by atoms with van der Waals surface area (Å²) in [4.78, 5) is 11.4. The third-order valence-corrected chi connectivity index (χ3v) is 3.01. The van der Waals surface area contributed by atoms with Crippen molar-refractivity contribution in [2.75, 3.05) is 17.8 Å². The van der Waals surface area contributed by atoms with Gasteiger partial charge in [0.25, 0.3) is 0 Å². The lowest BCUT2D eigenvalue weighted by atomic mass is 10.1. The maximum absolute atomic E-state index is 11.4. The summed E-state index contributed by atoms with van der Waals surface area (Å²) in [5, 5.41) is 2.90. The van der Waals surface area contributed by atoms with Crippen LogP contribution in [0.25, 0.3) is 0 Å². The Morgan fingerprint density at radius 2 is 2.24 bits per heavy atom. The highest BCUT2D eigenvalue weighted by atomic mass is 35.5. The third-order valence-electron chi connectivity index (χ3n) is 2.75. The van der Waals surface area contributed by atoms with Gasteiger partial charge in [0.2, 0.25) is 5.91 Å². The number of alkyl halides is 1. The van der Waals surface area contributed by atoms with E-state index in [1.807, 2.05) is 18.2 Å². The molecule has 0 fully saturated rings. The van der Waals surface area contributed by atoms with Gasteiger partial charge in [-0.3, -0.25) is 4.79 Å². The number of halogens is 1. The van der Waals surface area contributed by atoms with Gasteiger partial charge in [0.15, 0.2) is 0 Å². The largest absolute Gasteiger partial charge is 0.494 e. The molecule has 17 heavy (non-hydrogen) atoms. The number of amides is 1. The number of ether oxygens (including phenoxy) is 1. The molecule has 92 valence electrons. The molecule has 3 nitrogen and oxygen atoms in total. The monoisotopic (exact) mass is 253 g/mol. The van der Waals surface area contributed by atoms with E-state index in [1.165, 1.54) is 0 Å². The lowest BCUT2D eigenvalue weighted by Crippen LogP contribution is -2.09. The number of fused-ring (bicyclic) bond motifs is 1. The number of hydrogen-bond donors (Lipinski definition) is 1. The number of nitrogens with one attached hydrogen (secondary N) is 1. The summed E-state index contributed by atoms with van der Waals surface area (Å²) in [6.07, 6.45) is 3.25. The first kappa shape index (κ1) is 12.2. The average Bonchev–Trinajstić information content (AvgIpc) is 2.50. The van der Waals surface area contributed by atoms with Gasteiger partial charge in [-0.15, -0.1) is 11.6 Å². The first-order chi connectivity index (χ1) is 8.29. The van der Waals surface area contributed by atoms with Crippen LogP contribution in [-0.2, 0) is 11.2 Å². The topological polar surface area (TPSA) is 38.3 Å². The summed E-state index contributed by atoms with van der Waals surface area (Å²) in [7, 11) is 0. The molecule has 0 spiro atoms. The predicted octanol–water partition coefficient (Wildman–Crippen LogP) is 2.97. The van der Waals surface area contributed by atoms with E-state index in [2.05, 4.69) is 5.32 Å². The molecule has 0 aromatic heterocycles. The Balaban J connectivity index is 2.07. The van der Waals surface area contributed by atoms with Crippen molar-refractivity contribution >= 4 is 23.2 Å². The second-order valence-electron chi connectivity index (χ2n) is 4.11. The van der Waals surface area contributed by atoms with Gasteiger partial charge >= 0.3 is 0 Å². The number of rotatable bonds is 4. The van der Waals surface area contributed by atoms with E-state index >= 15 is 0 Å². The predicted molar refractivity (Wildman–Crippen MR) is 68.8 cm³/mol. The van der Waals surface area contributed by atoms with Crippen LogP contribution >= 0.6 is 11.6 Å². The van der Waals surface area contributed by atoms with Gasteiger partial charge in [0, 0.05) is 18.0 Å². The van der Waals surface area contributed by atoms with Crippen LogP contribution in [0.2, 0.25) is 0 Å². The summed E-state index contributed by atoms with van der Waals surface area (Å²) in [5.41, 5.74) is 2.07. The molecule has 0 aliphatic carbocycles. The van der Waals surface area contributed by atoms with Crippen LogP contribution in [0, 0.1) is 0 Å².